The molecule has 0 atom stereocenters. The van der Waals surface area contributed by atoms with E-state index in [1.54, 1.807) is 39.2 Å². The Bertz CT molecular complexity index is 1360. The molecular formula is C33H42N4O6. The second kappa shape index (κ2) is 14.7. The van der Waals surface area contributed by atoms with Gasteiger partial charge in [0.15, 0.2) is 0 Å². The van der Waals surface area contributed by atoms with Crippen LogP contribution in [0.3, 0.4) is 0 Å². The summed E-state index contributed by atoms with van der Waals surface area (Å²) in [7, 11) is 4.30. The number of methoxy groups -OCH3 is 3. The van der Waals surface area contributed by atoms with Crippen molar-refractivity contribution in [2.45, 2.75) is 44.9 Å². The van der Waals surface area contributed by atoms with E-state index in [1.807, 2.05) is 12.1 Å². The normalized spacial score (nSPS) is 16.4. The van der Waals surface area contributed by atoms with E-state index in [-0.39, 0.29) is 6.03 Å². The van der Waals surface area contributed by atoms with E-state index >= 15 is 0 Å². The molecule has 2 aromatic carbocycles. The summed E-state index contributed by atoms with van der Waals surface area (Å²) in [5, 5.41) is 8.91. The Balaban J connectivity index is 1.31. The molecule has 3 N–H and O–H groups in total. The van der Waals surface area contributed by atoms with Gasteiger partial charge in [-0.15, -0.1) is 0 Å². The van der Waals surface area contributed by atoms with E-state index < -0.39 is 17.9 Å². The number of nitrogens with one attached hydrogen (secondary N) is 3. The van der Waals surface area contributed by atoms with Gasteiger partial charge >= 0.3 is 18.0 Å². The van der Waals surface area contributed by atoms with Crippen molar-refractivity contribution >= 4 is 23.7 Å². The Kier molecular flexibility index (Phi) is 10.8. The zero-order valence-corrected chi connectivity index (χ0v) is 25.6. The van der Waals surface area contributed by atoms with Crippen LogP contribution in [-0.4, -0.2) is 70.4 Å². The Hall–Kier alpha value is -4.31. The van der Waals surface area contributed by atoms with Gasteiger partial charge in [-0.1, -0.05) is 24.3 Å². The van der Waals surface area contributed by atoms with Crippen LogP contribution < -0.4 is 20.7 Å². The minimum atomic E-state index is -0.723. The van der Waals surface area contributed by atoms with E-state index in [9.17, 15) is 14.4 Å². The molecule has 2 aliphatic rings. The molecule has 10 heteroatoms. The molecule has 2 aromatic rings. The van der Waals surface area contributed by atoms with E-state index in [2.05, 4.69) is 39.0 Å². The summed E-state index contributed by atoms with van der Waals surface area (Å²) >= 11 is 0. The number of carbonyl (C=O) groups is 3. The fourth-order valence-corrected chi connectivity index (χ4v) is 5.95. The zero-order chi connectivity index (χ0) is 30.9. The maximum Gasteiger partial charge on any atom is 0.336 e. The van der Waals surface area contributed by atoms with Gasteiger partial charge in [0, 0.05) is 23.6 Å². The molecule has 0 unspecified atom stereocenters. The Morgan fingerprint density at radius 1 is 0.884 bits per heavy atom. The molecule has 0 saturated carbocycles. The predicted octanol–water partition coefficient (Wildman–Crippen LogP) is 4.67. The van der Waals surface area contributed by atoms with Crippen molar-refractivity contribution in [3.8, 4) is 5.75 Å². The van der Waals surface area contributed by atoms with Crippen LogP contribution in [0, 0.1) is 0 Å². The maximum absolute atomic E-state index is 12.8. The molecule has 4 rings (SSSR count). The van der Waals surface area contributed by atoms with Gasteiger partial charge in [0.25, 0.3) is 0 Å². The third-order valence-electron chi connectivity index (χ3n) is 8.14. The second-order valence-corrected chi connectivity index (χ2v) is 10.9. The summed E-state index contributed by atoms with van der Waals surface area (Å²) in [6.45, 7) is 7.03. The van der Waals surface area contributed by atoms with Crippen molar-refractivity contribution in [1.29, 1.82) is 0 Å². The third kappa shape index (κ3) is 7.75. The zero-order valence-electron chi connectivity index (χ0n) is 25.6. The minimum Gasteiger partial charge on any atom is -0.497 e. The number of amides is 2. The lowest BCUT2D eigenvalue weighted by Gasteiger charge is -2.32. The molecule has 230 valence electrons. The number of dihydropyridines is 1. The highest BCUT2D eigenvalue weighted by molar-refractivity contribution is 6.00. The molecule has 2 aliphatic heterocycles. The van der Waals surface area contributed by atoms with E-state index in [0.29, 0.717) is 46.3 Å². The lowest BCUT2D eigenvalue weighted by Crippen LogP contribution is -2.36. The minimum absolute atomic E-state index is 0.308. The molecule has 10 nitrogen and oxygen atoms in total. The van der Waals surface area contributed by atoms with Gasteiger partial charge in [0.05, 0.1) is 38.4 Å². The van der Waals surface area contributed by atoms with Crippen molar-refractivity contribution in [3.63, 3.8) is 0 Å². The van der Waals surface area contributed by atoms with Crippen molar-refractivity contribution in [3.05, 3.63) is 82.2 Å². The van der Waals surface area contributed by atoms with Gasteiger partial charge in [-0.3, -0.25) is 0 Å². The van der Waals surface area contributed by atoms with E-state index in [1.165, 1.54) is 19.8 Å². The summed E-state index contributed by atoms with van der Waals surface area (Å²) in [4.78, 5) is 40.7. The van der Waals surface area contributed by atoms with Gasteiger partial charge in [-0.2, -0.15) is 0 Å². The number of nitrogens with zero attached hydrogens (tertiary/aromatic N) is 1. The average Bonchev–Trinajstić information content (AvgIpc) is 3.02. The fraction of sp³-hybridized carbons (Fsp3) is 0.424. The molecule has 2 amide bonds. The number of allylic oxidation sites excluding steroid dienone is 2. The van der Waals surface area contributed by atoms with Crippen molar-refractivity contribution in [1.82, 2.24) is 15.5 Å². The van der Waals surface area contributed by atoms with Crippen LogP contribution in [0.1, 0.15) is 56.1 Å². The summed E-state index contributed by atoms with van der Waals surface area (Å²) in [5.41, 5.74) is 4.31. The van der Waals surface area contributed by atoms with Crippen LogP contribution in [0.2, 0.25) is 0 Å². The van der Waals surface area contributed by atoms with Crippen molar-refractivity contribution in [2.24, 2.45) is 0 Å². The first kappa shape index (κ1) is 31.6. The summed E-state index contributed by atoms with van der Waals surface area (Å²) in [6, 6.07) is 15.1. The van der Waals surface area contributed by atoms with E-state index in [4.69, 9.17) is 14.2 Å². The van der Waals surface area contributed by atoms with Crippen molar-refractivity contribution in [2.75, 3.05) is 52.8 Å². The number of benzene rings is 2. The second-order valence-electron chi connectivity index (χ2n) is 10.9. The molecule has 0 bridgehead atoms. The Morgan fingerprint density at radius 3 is 2.14 bits per heavy atom. The van der Waals surface area contributed by atoms with Crippen LogP contribution in [0.4, 0.5) is 10.5 Å². The number of hydrogen-bond donors (Lipinski definition) is 3. The largest absolute Gasteiger partial charge is 0.497 e. The number of piperidine rings is 1. The first-order chi connectivity index (χ1) is 20.7. The molecule has 1 saturated heterocycles. The SMILES string of the molecule is COC(=O)C1=C(C)NC(C)=C(C(=O)OC)C1c1cccc(NC(=O)NCCCN2CCC(c3cccc(OC)c3)CC2)c1. The number of rotatable bonds is 10. The number of esters is 2. The maximum atomic E-state index is 12.8. The topological polar surface area (TPSA) is 118 Å². The fourth-order valence-electron chi connectivity index (χ4n) is 5.95. The van der Waals surface area contributed by atoms with Crippen LogP contribution in [-0.2, 0) is 19.1 Å². The smallest absolute Gasteiger partial charge is 0.336 e. The molecule has 2 heterocycles. The van der Waals surface area contributed by atoms with Gasteiger partial charge in [-0.25, -0.2) is 14.4 Å². The summed E-state index contributed by atoms with van der Waals surface area (Å²) < 4.78 is 15.4. The average molecular weight is 591 g/mol. The Labute approximate surface area is 253 Å². The van der Waals surface area contributed by atoms with Crippen LogP contribution >= 0.6 is 0 Å². The standard InChI is InChI=1S/C33H42N4O6/c1-21-28(31(38)42-4)30(29(22(2)35-21)32(39)43-5)25-10-6-11-26(19-25)36-33(40)34-15-8-16-37-17-13-23(14-18-37)24-9-7-12-27(20-24)41-3/h6-7,9-12,19-20,23,30,35H,8,13-18H2,1-5H3,(H2,34,36,40). The molecule has 0 spiro atoms. The molecule has 1 fully saturated rings. The molecule has 43 heavy (non-hydrogen) atoms. The summed E-state index contributed by atoms with van der Waals surface area (Å²) in [5.74, 6) is -0.381. The number of anilines is 1. The quantitative estimate of drug-likeness (QED) is 0.270. The first-order valence-corrected chi connectivity index (χ1v) is 14.6. The van der Waals surface area contributed by atoms with E-state index in [0.717, 1.165) is 44.6 Å². The van der Waals surface area contributed by atoms with Gasteiger partial charge in [0.2, 0.25) is 0 Å². The monoisotopic (exact) mass is 590 g/mol. The van der Waals surface area contributed by atoms with Gasteiger partial charge in [0.1, 0.15) is 5.75 Å². The highest BCUT2D eigenvalue weighted by atomic mass is 16.5. The number of urea groups is 1. The van der Waals surface area contributed by atoms with Crippen molar-refractivity contribution < 1.29 is 28.6 Å². The summed E-state index contributed by atoms with van der Waals surface area (Å²) in [6.07, 6.45) is 3.05. The first-order valence-electron chi connectivity index (χ1n) is 14.6. The third-order valence-corrected chi connectivity index (χ3v) is 8.14. The van der Waals surface area contributed by atoms with Gasteiger partial charge in [-0.05, 0) is 94.1 Å². The predicted molar refractivity (Wildman–Crippen MR) is 165 cm³/mol. The molecular weight excluding hydrogens is 548 g/mol. The number of likely N-dealkylation sites (tertiary alicyclic amines) is 1. The van der Waals surface area contributed by atoms with Crippen LogP contribution in [0.5, 0.6) is 5.75 Å². The molecule has 0 radical (unpaired) electrons. The molecule has 0 aromatic heterocycles. The van der Waals surface area contributed by atoms with Crippen LogP contribution in [0.25, 0.3) is 0 Å². The number of ether oxygens (including phenoxy) is 3. The molecule has 0 aliphatic carbocycles. The van der Waals surface area contributed by atoms with Gasteiger partial charge < -0.3 is 35.1 Å². The number of carbonyl (C=O) groups excluding carboxylic acids is 3. The highest BCUT2D eigenvalue weighted by Gasteiger charge is 2.37. The van der Waals surface area contributed by atoms with Crippen LogP contribution in [0.15, 0.2) is 71.1 Å². The highest BCUT2D eigenvalue weighted by Crippen LogP contribution is 2.39. The number of hydrogen-bond acceptors (Lipinski definition) is 8. The lowest BCUT2D eigenvalue weighted by molar-refractivity contribution is -0.137. The lowest BCUT2D eigenvalue weighted by atomic mass is 9.80. The Morgan fingerprint density at radius 2 is 1.51 bits per heavy atom.